The molecule has 10 nitrogen and oxygen atoms in total. The molecule has 0 aromatic heterocycles. The van der Waals surface area contributed by atoms with Gasteiger partial charge >= 0.3 is 0 Å². The Hall–Kier alpha value is -4.36. The summed E-state index contributed by atoms with van der Waals surface area (Å²) in [6.07, 6.45) is -0.226. The molecule has 13 heteroatoms. The van der Waals surface area contributed by atoms with Gasteiger partial charge in [-0.1, -0.05) is 12.1 Å². The predicted octanol–water partition coefficient (Wildman–Crippen LogP) is 2.51. The van der Waals surface area contributed by atoms with Gasteiger partial charge in [-0.15, -0.1) is 0 Å². The smallest absolute Gasteiger partial charge is 0.249 e. The lowest BCUT2D eigenvalue weighted by Crippen LogP contribution is -2.56. The predicted molar refractivity (Wildman–Crippen MR) is 155 cm³/mol. The van der Waals surface area contributed by atoms with E-state index < -0.39 is 58.5 Å². The van der Waals surface area contributed by atoms with Crippen LogP contribution in [-0.4, -0.2) is 81.7 Å². The minimum absolute atomic E-state index is 0.0274. The van der Waals surface area contributed by atoms with E-state index in [0.29, 0.717) is 17.5 Å². The van der Waals surface area contributed by atoms with E-state index in [0.717, 1.165) is 22.0 Å². The molecule has 1 fully saturated rings. The average molecular weight is 615 g/mol. The van der Waals surface area contributed by atoms with Crippen molar-refractivity contribution >= 4 is 33.4 Å². The fraction of sp³-hybridized carbons (Fsp3) is 0.300. The molecular formula is C30H32F2N4O6S. The number of hydrogen-bond acceptors (Lipinski definition) is 6. The van der Waals surface area contributed by atoms with Crippen LogP contribution in [0.25, 0.3) is 0 Å². The molecule has 3 amide bonds. The van der Waals surface area contributed by atoms with Crippen molar-refractivity contribution in [3.05, 3.63) is 89.5 Å². The van der Waals surface area contributed by atoms with E-state index >= 15 is 0 Å². The van der Waals surface area contributed by atoms with Gasteiger partial charge in [0.25, 0.3) is 0 Å². The molecule has 0 unspecified atom stereocenters. The van der Waals surface area contributed by atoms with Crippen LogP contribution in [0, 0.1) is 18.6 Å². The lowest BCUT2D eigenvalue weighted by atomic mass is 10.0. The molecule has 0 spiro atoms. The van der Waals surface area contributed by atoms with E-state index in [1.165, 1.54) is 36.1 Å². The summed E-state index contributed by atoms with van der Waals surface area (Å²) >= 11 is 0. The molecule has 0 saturated carbocycles. The van der Waals surface area contributed by atoms with Crippen molar-refractivity contribution in [1.82, 2.24) is 14.5 Å². The summed E-state index contributed by atoms with van der Waals surface area (Å²) in [4.78, 5) is 42.1. The van der Waals surface area contributed by atoms with Gasteiger partial charge in [0.1, 0.15) is 23.4 Å². The van der Waals surface area contributed by atoms with Gasteiger partial charge in [-0.05, 0) is 66.6 Å². The van der Waals surface area contributed by atoms with Crippen molar-refractivity contribution < 1.29 is 36.3 Å². The Morgan fingerprint density at radius 1 is 1.02 bits per heavy atom. The number of carbonyl (C=O) groups is 3. The van der Waals surface area contributed by atoms with Crippen LogP contribution in [0.4, 0.5) is 14.5 Å². The zero-order valence-corrected chi connectivity index (χ0v) is 24.7. The summed E-state index contributed by atoms with van der Waals surface area (Å²) in [5, 5.41) is 2.59. The van der Waals surface area contributed by atoms with E-state index in [9.17, 15) is 31.6 Å². The average Bonchev–Trinajstić information content (AvgIpc) is 2.96. The maximum Gasteiger partial charge on any atom is 0.249 e. The highest BCUT2D eigenvalue weighted by molar-refractivity contribution is 7.89. The lowest BCUT2D eigenvalue weighted by Gasteiger charge is -2.33. The third-order valence-electron chi connectivity index (χ3n) is 7.03. The minimum atomic E-state index is -3.92. The van der Waals surface area contributed by atoms with E-state index in [-0.39, 0.29) is 30.0 Å². The molecule has 3 aromatic carbocycles. The maximum atomic E-state index is 13.9. The molecule has 3 aromatic rings. The van der Waals surface area contributed by atoms with E-state index in [4.69, 9.17) is 4.74 Å². The molecule has 0 bridgehead atoms. The number of carbonyl (C=O) groups excluding carboxylic acids is 3. The summed E-state index contributed by atoms with van der Waals surface area (Å²) < 4.78 is 60.1. The van der Waals surface area contributed by atoms with Crippen molar-refractivity contribution in [3.8, 4) is 5.75 Å². The van der Waals surface area contributed by atoms with Crippen molar-refractivity contribution in [2.45, 2.75) is 24.3 Å². The number of methoxy groups -OCH3 is 1. The molecule has 228 valence electrons. The Kier molecular flexibility index (Phi) is 9.77. The second-order valence-corrected chi connectivity index (χ2v) is 12.1. The largest absolute Gasteiger partial charge is 0.497 e. The molecule has 0 radical (unpaired) electrons. The number of anilines is 1. The number of halogens is 2. The first kappa shape index (κ1) is 31.6. The number of benzene rings is 3. The topological polar surface area (TPSA) is 116 Å². The molecule has 1 atom stereocenters. The van der Waals surface area contributed by atoms with Gasteiger partial charge in [0, 0.05) is 38.3 Å². The fourth-order valence-electron chi connectivity index (χ4n) is 4.73. The normalized spacial score (nSPS) is 14.7. The number of amides is 3. The number of piperazine rings is 1. The molecule has 4 rings (SSSR count). The first-order valence-electron chi connectivity index (χ1n) is 13.4. The highest BCUT2D eigenvalue weighted by atomic mass is 32.2. The van der Waals surface area contributed by atoms with Crippen LogP contribution in [0.15, 0.2) is 71.6 Å². The number of aryl methyl sites for hydroxylation is 1. The van der Waals surface area contributed by atoms with Crippen LogP contribution in [0.2, 0.25) is 0 Å². The van der Waals surface area contributed by atoms with Crippen LogP contribution in [-0.2, 0) is 30.8 Å². The molecular weight excluding hydrogens is 582 g/mol. The van der Waals surface area contributed by atoms with E-state index in [2.05, 4.69) is 5.32 Å². The summed E-state index contributed by atoms with van der Waals surface area (Å²) in [6.45, 7) is 0.800. The van der Waals surface area contributed by atoms with E-state index in [1.54, 1.807) is 43.3 Å². The number of ether oxygens (including phenoxy) is 1. The monoisotopic (exact) mass is 614 g/mol. The quantitative estimate of drug-likeness (QED) is 0.375. The number of hydrogen-bond donors (Lipinski definition) is 1. The number of sulfonamides is 1. The Bertz CT molecular complexity index is 1600. The maximum absolute atomic E-state index is 13.9. The third-order valence-corrected chi connectivity index (χ3v) is 8.87. The highest BCUT2D eigenvalue weighted by Gasteiger charge is 2.34. The third kappa shape index (κ3) is 7.73. The standard InChI is InChI=1S/C30H32F2N4O6S/c1-20-5-4-6-26(13-20)43(40,41)36-12-11-35(29(38)19-36)18-28(37)33-27(16-21-14-22(31)17-23(32)15-21)30(39)34(2)24-7-9-25(42-3)10-8-24/h4-10,13-15,17,27H,11-12,16,18-19H2,1-3H3,(H,33,37)/t27-/m0/s1. The number of nitrogens with one attached hydrogen (secondary N) is 1. The summed E-state index contributed by atoms with van der Waals surface area (Å²) in [6, 6.07) is 14.5. The van der Waals surface area contributed by atoms with Crippen molar-refractivity contribution in [2.75, 3.05) is 45.2 Å². The highest BCUT2D eigenvalue weighted by Crippen LogP contribution is 2.21. The van der Waals surface area contributed by atoms with Crippen molar-refractivity contribution in [1.29, 1.82) is 0 Å². The first-order chi connectivity index (χ1) is 20.4. The minimum Gasteiger partial charge on any atom is -0.497 e. The molecule has 1 heterocycles. The van der Waals surface area contributed by atoms with Gasteiger partial charge in [0.05, 0.1) is 25.1 Å². The Balaban J connectivity index is 1.46. The summed E-state index contributed by atoms with van der Waals surface area (Å²) in [5.74, 6) is -2.94. The number of rotatable bonds is 10. The molecule has 43 heavy (non-hydrogen) atoms. The van der Waals surface area contributed by atoms with Gasteiger partial charge < -0.3 is 19.9 Å². The Labute approximate surface area is 248 Å². The Morgan fingerprint density at radius 2 is 1.70 bits per heavy atom. The fourth-order valence-corrected chi connectivity index (χ4v) is 6.21. The molecule has 1 aliphatic heterocycles. The van der Waals surface area contributed by atoms with Gasteiger partial charge in [0.2, 0.25) is 27.7 Å². The molecule has 1 aliphatic rings. The zero-order valence-electron chi connectivity index (χ0n) is 23.9. The van der Waals surface area contributed by atoms with Crippen LogP contribution in [0.1, 0.15) is 11.1 Å². The first-order valence-corrected chi connectivity index (χ1v) is 14.8. The van der Waals surface area contributed by atoms with Crippen LogP contribution in [0.3, 0.4) is 0 Å². The molecule has 1 N–H and O–H groups in total. The molecule has 0 aliphatic carbocycles. The zero-order chi connectivity index (χ0) is 31.3. The number of nitrogens with zero attached hydrogens (tertiary/aromatic N) is 3. The van der Waals surface area contributed by atoms with Crippen molar-refractivity contribution in [2.24, 2.45) is 0 Å². The van der Waals surface area contributed by atoms with Crippen LogP contribution in [0.5, 0.6) is 5.75 Å². The summed E-state index contributed by atoms with van der Waals surface area (Å²) in [5.41, 5.74) is 1.38. The van der Waals surface area contributed by atoms with Gasteiger partial charge in [-0.2, -0.15) is 4.31 Å². The van der Waals surface area contributed by atoms with E-state index in [1.807, 2.05) is 0 Å². The second-order valence-electron chi connectivity index (χ2n) is 10.2. The van der Waals surface area contributed by atoms with Crippen LogP contribution >= 0.6 is 0 Å². The second kappa shape index (κ2) is 13.3. The van der Waals surface area contributed by atoms with Crippen LogP contribution < -0.4 is 15.0 Å². The lowest BCUT2D eigenvalue weighted by molar-refractivity contribution is -0.139. The summed E-state index contributed by atoms with van der Waals surface area (Å²) in [7, 11) is -0.922. The van der Waals surface area contributed by atoms with Gasteiger partial charge in [-0.25, -0.2) is 17.2 Å². The molecule has 1 saturated heterocycles. The van der Waals surface area contributed by atoms with Crippen molar-refractivity contribution in [3.63, 3.8) is 0 Å². The van der Waals surface area contributed by atoms with Gasteiger partial charge in [0.15, 0.2) is 0 Å². The SMILES string of the molecule is COc1ccc(N(C)C(=O)[C@H](Cc2cc(F)cc(F)c2)NC(=O)CN2CCN(S(=O)(=O)c3cccc(C)c3)CC2=O)cc1. The van der Waals surface area contributed by atoms with Gasteiger partial charge in [-0.3, -0.25) is 14.4 Å². The Morgan fingerprint density at radius 3 is 2.30 bits per heavy atom. The number of likely N-dealkylation sites (N-methyl/N-ethyl adjacent to an activating group) is 1.